The fourth-order valence-electron chi connectivity index (χ4n) is 1.13. The van der Waals surface area contributed by atoms with Gasteiger partial charge in [0.15, 0.2) is 11.6 Å². The maximum absolute atomic E-state index is 13.1. The Labute approximate surface area is 84.3 Å². The second-order valence-corrected chi connectivity index (χ2v) is 2.89. The number of aryl methyl sites for hydroxylation is 1. The molecule has 15 heavy (non-hydrogen) atoms. The molecule has 7 heteroatoms. The molecule has 0 radical (unpaired) electrons. The fraction of sp³-hybridized carbons (Fsp3) is 0.250. The van der Waals surface area contributed by atoms with Gasteiger partial charge in [0.05, 0.1) is 0 Å². The van der Waals surface area contributed by atoms with Crippen LogP contribution in [0.15, 0.2) is 12.1 Å². The summed E-state index contributed by atoms with van der Waals surface area (Å²) in [5.74, 6) is -1.68. The van der Waals surface area contributed by atoms with Crippen LogP contribution < -0.4 is 10.2 Å². The van der Waals surface area contributed by atoms with E-state index in [0.717, 1.165) is 12.1 Å². The third kappa shape index (κ3) is 2.87. The molecule has 3 nitrogen and oxygen atoms in total. The highest BCUT2D eigenvalue weighted by molar-refractivity contribution is 6.59. The van der Waals surface area contributed by atoms with Crippen LogP contribution in [0.2, 0.25) is 0 Å². The van der Waals surface area contributed by atoms with E-state index in [2.05, 4.69) is 4.74 Å². The van der Waals surface area contributed by atoms with Gasteiger partial charge in [-0.2, -0.15) is 8.78 Å². The van der Waals surface area contributed by atoms with Gasteiger partial charge in [0.1, 0.15) is 0 Å². The monoisotopic (exact) mass is 220 g/mol. The molecule has 0 amide bonds. The summed E-state index contributed by atoms with van der Waals surface area (Å²) >= 11 is 0. The second kappa shape index (κ2) is 4.54. The average molecular weight is 220 g/mol. The SMILES string of the molecule is Cc1cc(OC(F)F)c(F)cc1B(O)O. The maximum Gasteiger partial charge on any atom is 0.488 e. The summed E-state index contributed by atoms with van der Waals surface area (Å²) in [6.45, 7) is -1.70. The molecule has 0 saturated carbocycles. The van der Waals surface area contributed by atoms with Gasteiger partial charge in [-0.3, -0.25) is 0 Å². The quantitative estimate of drug-likeness (QED) is 0.725. The van der Waals surface area contributed by atoms with Gasteiger partial charge in [0.2, 0.25) is 0 Å². The Kier molecular flexibility index (Phi) is 3.59. The van der Waals surface area contributed by atoms with Gasteiger partial charge < -0.3 is 14.8 Å². The molecule has 0 aliphatic heterocycles. The minimum atomic E-state index is -3.12. The molecule has 0 aromatic heterocycles. The van der Waals surface area contributed by atoms with Crippen molar-refractivity contribution in [2.45, 2.75) is 13.5 Å². The molecular formula is C8H8BF3O3. The molecule has 82 valence electrons. The van der Waals surface area contributed by atoms with E-state index in [1.54, 1.807) is 0 Å². The lowest BCUT2D eigenvalue weighted by atomic mass is 9.77. The van der Waals surface area contributed by atoms with Crippen molar-refractivity contribution in [3.8, 4) is 5.75 Å². The van der Waals surface area contributed by atoms with E-state index in [1.807, 2.05) is 0 Å². The van der Waals surface area contributed by atoms with E-state index >= 15 is 0 Å². The maximum atomic E-state index is 13.1. The lowest BCUT2D eigenvalue weighted by Crippen LogP contribution is -2.32. The minimum absolute atomic E-state index is 0.0888. The van der Waals surface area contributed by atoms with Gasteiger partial charge in [-0.05, 0) is 30.1 Å². The molecule has 2 N–H and O–H groups in total. The smallest absolute Gasteiger partial charge is 0.432 e. The Morgan fingerprint density at radius 2 is 1.93 bits per heavy atom. The molecule has 0 aliphatic carbocycles. The molecule has 1 rings (SSSR count). The van der Waals surface area contributed by atoms with Crippen molar-refractivity contribution in [3.63, 3.8) is 0 Å². The van der Waals surface area contributed by atoms with Crippen molar-refractivity contribution in [1.82, 2.24) is 0 Å². The van der Waals surface area contributed by atoms with Crippen LogP contribution in [0.5, 0.6) is 5.75 Å². The molecule has 0 fully saturated rings. The van der Waals surface area contributed by atoms with Crippen LogP contribution in [0, 0.1) is 12.7 Å². The van der Waals surface area contributed by atoms with Gasteiger partial charge in [0, 0.05) is 0 Å². The van der Waals surface area contributed by atoms with Crippen molar-refractivity contribution < 1.29 is 28.0 Å². The lowest BCUT2D eigenvalue weighted by Gasteiger charge is -2.10. The number of alkyl halides is 2. The van der Waals surface area contributed by atoms with Crippen molar-refractivity contribution in [2.75, 3.05) is 0 Å². The number of rotatable bonds is 3. The average Bonchev–Trinajstić information content (AvgIpc) is 2.09. The molecule has 0 unspecified atom stereocenters. The van der Waals surface area contributed by atoms with Gasteiger partial charge in [0.25, 0.3) is 0 Å². The zero-order chi connectivity index (χ0) is 11.6. The molecule has 0 atom stereocenters. The zero-order valence-electron chi connectivity index (χ0n) is 7.75. The molecule has 0 saturated heterocycles. The highest BCUT2D eigenvalue weighted by Crippen LogP contribution is 2.19. The first-order valence-corrected chi connectivity index (χ1v) is 4.03. The number of benzene rings is 1. The Hall–Kier alpha value is -1.21. The van der Waals surface area contributed by atoms with E-state index in [4.69, 9.17) is 10.0 Å². The summed E-state index contributed by atoms with van der Waals surface area (Å²) in [5.41, 5.74) is 0.163. The van der Waals surface area contributed by atoms with Gasteiger partial charge in [-0.25, -0.2) is 4.39 Å². The summed E-state index contributed by atoms with van der Waals surface area (Å²) in [4.78, 5) is 0. The Bertz CT molecular complexity index is 357. The molecule has 1 aromatic carbocycles. The highest BCUT2D eigenvalue weighted by Gasteiger charge is 2.19. The normalized spacial score (nSPS) is 10.6. The Morgan fingerprint density at radius 1 is 1.33 bits per heavy atom. The fourth-order valence-corrected chi connectivity index (χ4v) is 1.13. The van der Waals surface area contributed by atoms with Crippen LogP contribution in [-0.4, -0.2) is 23.8 Å². The minimum Gasteiger partial charge on any atom is -0.432 e. The van der Waals surface area contributed by atoms with Gasteiger partial charge in [-0.1, -0.05) is 0 Å². The van der Waals surface area contributed by atoms with Crippen LogP contribution >= 0.6 is 0 Å². The summed E-state index contributed by atoms with van der Waals surface area (Å²) in [5, 5.41) is 17.6. The van der Waals surface area contributed by atoms with Crippen molar-refractivity contribution >= 4 is 12.6 Å². The number of hydrogen-bond acceptors (Lipinski definition) is 3. The first-order chi connectivity index (χ1) is 6.91. The standard InChI is InChI=1S/C8H8BF3O3/c1-4-2-7(15-8(11)12)6(10)3-5(4)9(13)14/h2-3,8,13-14H,1H3. The van der Waals surface area contributed by atoms with E-state index in [0.29, 0.717) is 0 Å². The first-order valence-electron chi connectivity index (χ1n) is 4.03. The largest absolute Gasteiger partial charge is 0.488 e. The Balaban J connectivity index is 3.08. The van der Waals surface area contributed by atoms with Crippen molar-refractivity contribution in [3.05, 3.63) is 23.5 Å². The van der Waals surface area contributed by atoms with Crippen LogP contribution in [0.1, 0.15) is 5.56 Å². The predicted molar refractivity (Wildman–Crippen MR) is 47.6 cm³/mol. The van der Waals surface area contributed by atoms with Crippen LogP contribution in [0.3, 0.4) is 0 Å². The van der Waals surface area contributed by atoms with E-state index in [-0.39, 0.29) is 11.0 Å². The summed E-state index contributed by atoms with van der Waals surface area (Å²) in [7, 11) is -1.85. The summed E-state index contributed by atoms with van der Waals surface area (Å²) in [6.07, 6.45) is 0. The summed E-state index contributed by atoms with van der Waals surface area (Å²) in [6, 6.07) is 1.73. The third-order valence-corrected chi connectivity index (χ3v) is 1.81. The zero-order valence-corrected chi connectivity index (χ0v) is 7.75. The van der Waals surface area contributed by atoms with Crippen molar-refractivity contribution in [2.24, 2.45) is 0 Å². The molecule has 0 spiro atoms. The number of halogens is 3. The predicted octanol–water partition coefficient (Wildman–Crippen LogP) is 0.415. The van der Waals surface area contributed by atoms with E-state index in [9.17, 15) is 13.2 Å². The van der Waals surface area contributed by atoms with Crippen LogP contribution in [0.4, 0.5) is 13.2 Å². The molecule has 0 aliphatic rings. The molecule has 0 heterocycles. The van der Waals surface area contributed by atoms with Crippen LogP contribution in [-0.2, 0) is 0 Å². The number of hydrogen-bond donors (Lipinski definition) is 2. The first kappa shape index (κ1) is 11.9. The van der Waals surface area contributed by atoms with E-state index in [1.165, 1.54) is 6.92 Å². The third-order valence-electron chi connectivity index (χ3n) is 1.81. The topological polar surface area (TPSA) is 49.7 Å². The number of ether oxygens (including phenoxy) is 1. The second-order valence-electron chi connectivity index (χ2n) is 2.89. The highest BCUT2D eigenvalue weighted by atomic mass is 19.3. The molecular weight excluding hydrogens is 212 g/mol. The van der Waals surface area contributed by atoms with E-state index < -0.39 is 25.3 Å². The summed E-state index contributed by atoms with van der Waals surface area (Å²) < 4.78 is 40.6. The van der Waals surface area contributed by atoms with Gasteiger partial charge >= 0.3 is 13.7 Å². The van der Waals surface area contributed by atoms with Gasteiger partial charge in [-0.15, -0.1) is 0 Å². The van der Waals surface area contributed by atoms with Crippen molar-refractivity contribution in [1.29, 1.82) is 0 Å². The Morgan fingerprint density at radius 3 is 2.40 bits per heavy atom. The van der Waals surface area contributed by atoms with Crippen LogP contribution in [0.25, 0.3) is 0 Å². The molecule has 1 aromatic rings. The molecule has 0 bridgehead atoms. The lowest BCUT2D eigenvalue weighted by molar-refractivity contribution is -0.0521.